The van der Waals surface area contributed by atoms with Gasteiger partial charge >= 0.3 is 0 Å². The van der Waals surface area contributed by atoms with Gasteiger partial charge in [0.05, 0.1) is 31.9 Å². The van der Waals surface area contributed by atoms with Crippen LogP contribution in [0.4, 0.5) is 5.82 Å². The van der Waals surface area contributed by atoms with Gasteiger partial charge in [0, 0.05) is 62.9 Å². The molecule has 11 nitrogen and oxygen atoms in total. The zero-order valence-electron chi connectivity index (χ0n) is 20.9. The van der Waals surface area contributed by atoms with Gasteiger partial charge in [0.1, 0.15) is 0 Å². The lowest BCUT2D eigenvalue weighted by Crippen LogP contribution is -2.36. The Bertz CT molecular complexity index is 1250. The van der Waals surface area contributed by atoms with Crippen LogP contribution in [0.5, 0.6) is 5.88 Å². The minimum Gasteiger partial charge on any atom is -0.481 e. The van der Waals surface area contributed by atoms with Crippen LogP contribution in [0, 0.1) is 0 Å². The van der Waals surface area contributed by atoms with Gasteiger partial charge in [-0.15, -0.1) is 0 Å². The first-order chi connectivity index (χ1) is 17.5. The van der Waals surface area contributed by atoms with Crippen molar-refractivity contribution in [3.8, 4) is 17.0 Å². The van der Waals surface area contributed by atoms with Crippen molar-refractivity contribution < 1.29 is 19.0 Å². The summed E-state index contributed by atoms with van der Waals surface area (Å²) >= 11 is 0. The third kappa shape index (κ3) is 5.80. The fraction of sp³-hybridized carbons (Fsp3) is 0.480. The van der Waals surface area contributed by atoms with Crippen molar-refractivity contribution in [1.82, 2.24) is 24.4 Å². The van der Waals surface area contributed by atoms with Gasteiger partial charge in [0.2, 0.25) is 11.8 Å². The molecule has 36 heavy (non-hydrogen) atoms. The zero-order valence-corrected chi connectivity index (χ0v) is 20.9. The van der Waals surface area contributed by atoms with E-state index in [1.807, 2.05) is 19.1 Å². The second-order valence-corrected chi connectivity index (χ2v) is 8.53. The van der Waals surface area contributed by atoms with Crippen molar-refractivity contribution in [3.63, 3.8) is 0 Å². The first kappa shape index (κ1) is 25.5. The van der Waals surface area contributed by atoms with E-state index in [0.29, 0.717) is 49.9 Å². The molecule has 0 unspecified atom stereocenters. The molecule has 0 saturated carbocycles. The van der Waals surface area contributed by atoms with E-state index in [-0.39, 0.29) is 29.9 Å². The van der Waals surface area contributed by atoms with E-state index in [4.69, 9.17) is 14.2 Å². The summed E-state index contributed by atoms with van der Waals surface area (Å²) in [6.07, 6.45) is 5.11. The number of amides is 1. The zero-order chi connectivity index (χ0) is 25.5. The van der Waals surface area contributed by atoms with Crippen molar-refractivity contribution in [2.24, 2.45) is 0 Å². The Kier molecular flexibility index (Phi) is 8.44. The van der Waals surface area contributed by atoms with Crippen molar-refractivity contribution in [1.29, 1.82) is 0 Å². The summed E-state index contributed by atoms with van der Waals surface area (Å²) in [5.41, 5.74) is 2.26. The predicted octanol–water partition coefficient (Wildman–Crippen LogP) is 1.95. The summed E-state index contributed by atoms with van der Waals surface area (Å²) in [4.78, 5) is 41.0. The highest BCUT2D eigenvalue weighted by Gasteiger charge is 2.26. The molecular formula is C25H32N6O5. The summed E-state index contributed by atoms with van der Waals surface area (Å²) in [6.45, 7) is 4.48. The fourth-order valence-electron chi connectivity index (χ4n) is 4.11. The summed E-state index contributed by atoms with van der Waals surface area (Å²) < 4.78 is 17.7. The molecular weight excluding hydrogens is 464 g/mol. The molecule has 4 heterocycles. The van der Waals surface area contributed by atoms with Crippen LogP contribution in [0.1, 0.15) is 19.8 Å². The number of aromatic nitrogens is 4. The number of pyridine rings is 2. The van der Waals surface area contributed by atoms with Crippen LogP contribution in [0.15, 0.2) is 35.4 Å². The molecule has 3 aromatic rings. The topological polar surface area (TPSA) is 121 Å². The Morgan fingerprint density at radius 2 is 2.00 bits per heavy atom. The van der Waals surface area contributed by atoms with E-state index >= 15 is 0 Å². The fourth-order valence-corrected chi connectivity index (χ4v) is 4.11. The Morgan fingerprint density at radius 1 is 1.17 bits per heavy atom. The van der Waals surface area contributed by atoms with Gasteiger partial charge in [-0.1, -0.05) is 6.92 Å². The minimum absolute atomic E-state index is 0.0356. The molecule has 192 valence electrons. The molecule has 0 radical (unpaired) electrons. The Morgan fingerprint density at radius 3 is 2.69 bits per heavy atom. The molecule has 4 rings (SSSR count). The minimum atomic E-state index is -0.335. The molecule has 1 atom stereocenters. The third-order valence-electron chi connectivity index (χ3n) is 6.13. The maximum absolute atomic E-state index is 13.4. The van der Waals surface area contributed by atoms with E-state index in [1.54, 1.807) is 42.1 Å². The number of methoxy groups -OCH3 is 2. The number of hydrogen-bond donors (Lipinski definition) is 1. The number of likely N-dealkylation sites (tertiary alicyclic amines) is 1. The highest BCUT2D eigenvalue weighted by Crippen LogP contribution is 2.23. The maximum atomic E-state index is 13.4. The number of rotatable bonds is 11. The first-order valence-electron chi connectivity index (χ1n) is 12.1. The number of fused-ring (bicyclic) bond motifs is 1. The summed E-state index contributed by atoms with van der Waals surface area (Å²) in [5, 5.41) is 2.93. The Labute approximate surface area is 209 Å². The Balaban J connectivity index is 1.62. The summed E-state index contributed by atoms with van der Waals surface area (Å²) in [5.74, 6) is 0.486. The number of hydrogen-bond acceptors (Lipinski definition) is 9. The van der Waals surface area contributed by atoms with Gasteiger partial charge in [0.25, 0.3) is 5.56 Å². The van der Waals surface area contributed by atoms with Crippen LogP contribution in [0.25, 0.3) is 22.3 Å². The number of carbonyl (C=O) groups excluding carboxylic acids is 1. The SMILES string of the molecule is CCCOCCn1c(=O)c(NCC(=O)N2CC[C@@H](OC)C2)nc2ncc(-c3ccc(OC)nc3)cc21. The molecule has 1 aliphatic heterocycles. The average molecular weight is 497 g/mol. The molecule has 0 aliphatic carbocycles. The normalized spacial score (nSPS) is 15.4. The molecule has 0 aromatic carbocycles. The standard InChI is InChI=1S/C25H32N6O5/c1-4-10-36-11-9-31-20-12-18(17-5-6-21(35-3)26-13-17)14-27-23(20)29-24(25(31)33)28-15-22(32)30-8-7-19(16-30)34-2/h5-6,12-14,19H,4,7-11,15-16H2,1-3H3,(H,27,28,29)/t19-/m1/s1. The lowest BCUT2D eigenvalue weighted by atomic mass is 10.1. The molecule has 1 amide bonds. The molecule has 0 bridgehead atoms. The van der Waals surface area contributed by atoms with Crippen molar-refractivity contribution in [2.45, 2.75) is 32.4 Å². The van der Waals surface area contributed by atoms with Crippen molar-refractivity contribution in [3.05, 3.63) is 40.9 Å². The van der Waals surface area contributed by atoms with Crippen LogP contribution in [-0.4, -0.2) is 83.5 Å². The smallest absolute Gasteiger partial charge is 0.293 e. The highest BCUT2D eigenvalue weighted by atomic mass is 16.5. The van der Waals surface area contributed by atoms with Gasteiger partial charge in [-0.05, 0) is 25.0 Å². The lowest BCUT2D eigenvalue weighted by Gasteiger charge is -2.17. The summed E-state index contributed by atoms with van der Waals surface area (Å²) in [6, 6.07) is 5.51. The lowest BCUT2D eigenvalue weighted by molar-refractivity contribution is -0.128. The molecule has 0 spiro atoms. The summed E-state index contributed by atoms with van der Waals surface area (Å²) in [7, 11) is 3.21. The van der Waals surface area contributed by atoms with E-state index in [0.717, 1.165) is 24.0 Å². The van der Waals surface area contributed by atoms with Crippen molar-refractivity contribution in [2.75, 3.05) is 52.4 Å². The highest BCUT2D eigenvalue weighted by molar-refractivity contribution is 5.82. The number of carbonyl (C=O) groups is 1. The van der Waals surface area contributed by atoms with Crippen LogP contribution in [0.2, 0.25) is 0 Å². The average Bonchev–Trinajstić information content (AvgIpc) is 3.40. The molecule has 1 aliphatic rings. The predicted molar refractivity (Wildman–Crippen MR) is 135 cm³/mol. The van der Waals surface area contributed by atoms with E-state index in [1.165, 1.54) is 0 Å². The number of anilines is 1. The molecule has 1 fully saturated rings. The maximum Gasteiger partial charge on any atom is 0.293 e. The quantitative estimate of drug-likeness (QED) is 0.397. The van der Waals surface area contributed by atoms with Crippen LogP contribution < -0.4 is 15.6 Å². The van der Waals surface area contributed by atoms with Gasteiger partial charge in [0.15, 0.2) is 11.5 Å². The van der Waals surface area contributed by atoms with Crippen LogP contribution >= 0.6 is 0 Å². The second kappa shape index (κ2) is 11.9. The number of nitrogens with zero attached hydrogens (tertiary/aromatic N) is 5. The largest absolute Gasteiger partial charge is 0.481 e. The third-order valence-corrected chi connectivity index (χ3v) is 6.13. The van der Waals surface area contributed by atoms with Crippen LogP contribution in [-0.2, 0) is 20.8 Å². The van der Waals surface area contributed by atoms with Crippen LogP contribution in [0.3, 0.4) is 0 Å². The molecule has 11 heteroatoms. The monoisotopic (exact) mass is 496 g/mol. The van der Waals surface area contributed by atoms with Gasteiger partial charge in [-0.3, -0.25) is 14.2 Å². The number of ether oxygens (including phenoxy) is 3. The van der Waals surface area contributed by atoms with Gasteiger partial charge < -0.3 is 24.4 Å². The molecule has 3 aromatic heterocycles. The number of nitrogens with one attached hydrogen (secondary N) is 1. The van der Waals surface area contributed by atoms with E-state index in [9.17, 15) is 9.59 Å². The van der Waals surface area contributed by atoms with Gasteiger partial charge in [-0.2, -0.15) is 0 Å². The van der Waals surface area contributed by atoms with E-state index < -0.39 is 0 Å². The van der Waals surface area contributed by atoms with E-state index in [2.05, 4.69) is 20.3 Å². The molecule has 1 saturated heterocycles. The second-order valence-electron chi connectivity index (χ2n) is 8.53. The van der Waals surface area contributed by atoms with Crippen molar-refractivity contribution >= 4 is 22.9 Å². The first-order valence-corrected chi connectivity index (χ1v) is 12.1. The van der Waals surface area contributed by atoms with Gasteiger partial charge in [-0.25, -0.2) is 15.0 Å². The Hall–Kier alpha value is -3.57. The molecule has 1 N–H and O–H groups in total.